The minimum atomic E-state index is 0.0186. The standard InChI is InChI=1S/C28H31N7O2/c1-20-18-25(33-12-10-32(2)11-13-33)30-28(29-20)35-16-14-34(15-17-35)27(36)22-8-9-24-23(19-22)26(37-31-24)21-6-4-3-5-7-21/h3-9,18-19H,10-17H2,1-2H3. The highest BCUT2D eigenvalue weighted by Gasteiger charge is 2.26. The van der Waals surface area contributed by atoms with E-state index in [1.807, 2.05) is 60.4 Å². The van der Waals surface area contributed by atoms with Crippen LogP contribution in [-0.4, -0.2) is 90.2 Å². The van der Waals surface area contributed by atoms with Gasteiger partial charge in [-0.05, 0) is 32.2 Å². The molecule has 190 valence electrons. The van der Waals surface area contributed by atoms with Gasteiger partial charge >= 0.3 is 0 Å². The Morgan fingerprint density at radius 3 is 2.32 bits per heavy atom. The number of aryl methyl sites for hydroxylation is 1. The number of fused-ring (bicyclic) bond motifs is 1. The third kappa shape index (κ3) is 4.74. The number of likely N-dealkylation sites (N-methyl/N-ethyl adjacent to an activating group) is 1. The zero-order valence-electron chi connectivity index (χ0n) is 21.3. The van der Waals surface area contributed by atoms with E-state index in [4.69, 9.17) is 14.5 Å². The summed E-state index contributed by atoms with van der Waals surface area (Å²) in [7, 11) is 2.15. The highest BCUT2D eigenvalue weighted by atomic mass is 16.5. The number of hydrogen-bond donors (Lipinski definition) is 0. The zero-order valence-corrected chi connectivity index (χ0v) is 21.3. The number of carbonyl (C=O) groups excluding carboxylic acids is 1. The van der Waals surface area contributed by atoms with Crippen molar-refractivity contribution < 1.29 is 9.32 Å². The number of hydrogen-bond acceptors (Lipinski definition) is 8. The molecule has 2 aliphatic rings. The molecule has 2 aromatic carbocycles. The van der Waals surface area contributed by atoms with Crippen molar-refractivity contribution in [3.8, 4) is 11.3 Å². The van der Waals surface area contributed by atoms with E-state index in [9.17, 15) is 4.79 Å². The highest BCUT2D eigenvalue weighted by molar-refractivity contribution is 6.01. The van der Waals surface area contributed by atoms with Crippen molar-refractivity contribution in [1.82, 2.24) is 24.9 Å². The summed E-state index contributed by atoms with van der Waals surface area (Å²) in [6.07, 6.45) is 0. The van der Waals surface area contributed by atoms with Gasteiger partial charge in [0.15, 0.2) is 5.76 Å². The molecule has 2 fully saturated rings. The van der Waals surface area contributed by atoms with E-state index in [2.05, 4.69) is 33.0 Å². The van der Waals surface area contributed by atoms with E-state index in [1.165, 1.54) is 0 Å². The fourth-order valence-electron chi connectivity index (χ4n) is 5.04. The van der Waals surface area contributed by atoms with Gasteiger partial charge in [0.1, 0.15) is 11.3 Å². The number of anilines is 2. The fraction of sp³-hybridized carbons (Fsp3) is 0.357. The van der Waals surface area contributed by atoms with Crippen molar-refractivity contribution in [3.63, 3.8) is 0 Å². The van der Waals surface area contributed by atoms with Crippen LogP contribution >= 0.6 is 0 Å². The number of carbonyl (C=O) groups is 1. The number of amides is 1. The lowest BCUT2D eigenvalue weighted by atomic mass is 10.1. The lowest BCUT2D eigenvalue weighted by Crippen LogP contribution is -2.49. The summed E-state index contributed by atoms with van der Waals surface area (Å²) in [4.78, 5) is 31.8. The molecule has 9 heteroatoms. The van der Waals surface area contributed by atoms with E-state index in [0.29, 0.717) is 37.5 Å². The molecular formula is C28H31N7O2. The van der Waals surface area contributed by atoms with Crippen molar-refractivity contribution >= 4 is 28.6 Å². The Morgan fingerprint density at radius 2 is 1.57 bits per heavy atom. The maximum Gasteiger partial charge on any atom is 0.254 e. The van der Waals surface area contributed by atoms with Crippen LogP contribution in [0.3, 0.4) is 0 Å². The monoisotopic (exact) mass is 497 g/mol. The Bertz CT molecular complexity index is 1400. The highest BCUT2D eigenvalue weighted by Crippen LogP contribution is 2.29. The van der Waals surface area contributed by atoms with Crippen LogP contribution in [0.4, 0.5) is 11.8 Å². The van der Waals surface area contributed by atoms with E-state index in [0.717, 1.165) is 60.1 Å². The zero-order chi connectivity index (χ0) is 25.4. The molecule has 2 saturated heterocycles. The van der Waals surface area contributed by atoms with Crippen molar-refractivity contribution in [1.29, 1.82) is 0 Å². The Balaban J connectivity index is 1.16. The molecule has 2 aromatic heterocycles. The van der Waals surface area contributed by atoms with Gasteiger partial charge in [-0.25, -0.2) is 4.98 Å². The first-order chi connectivity index (χ1) is 18.0. The summed E-state index contributed by atoms with van der Waals surface area (Å²) in [5.74, 6) is 2.44. The third-order valence-electron chi connectivity index (χ3n) is 7.27. The molecular weight excluding hydrogens is 466 g/mol. The van der Waals surface area contributed by atoms with Crippen LogP contribution in [0.25, 0.3) is 22.2 Å². The van der Waals surface area contributed by atoms with Crippen LogP contribution in [0.2, 0.25) is 0 Å². The molecule has 9 nitrogen and oxygen atoms in total. The number of benzene rings is 2. The van der Waals surface area contributed by atoms with Crippen LogP contribution in [0.5, 0.6) is 0 Å². The van der Waals surface area contributed by atoms with Gasteiger partial charge in [0.25, 0.3) is 5.91 Å². The van der Waals surface area contributed by atoms with Gasteiger partial charge in [-0.15, -0.1) is 0 Å². The summed E-state index contributed by atoms with van der Waals surface area (Å²) < 4.78 is 5.61. The number of nitrogens with zero attached hydrogens (tertiary/aromatic N) is 7. The van der Waals surface area contributed by atoms with Crippen molar-refractivity contribution in [2.45, 2.75) is 6.92 Å². The van der Waals surface area contributed by atoms with E-state index >= 15 is 0 Å². The van der Waals surface area contributed by atoms with Gasteiger partial charge in [-0.3, -0.25) is 4.79 Å². The molecule has 6 rings (SSSR count). The second-order valence-electron chi connectivity index (χ2n) is 9.85. The van der Waals surface area contributed by atoms with Crippen LogP contribution < -0.4 is 9.80 Å². The molecule has 0 bridgehead atoms. The predicted octanol–water partition coefficient (Wildman–Crippen LogP) is 3.31. The molecule has 0 saturated carbocycles. The summed E-state index contributed by atoms with van der Waals surface area (Å²) in [6, 6.07) is 17.5. The molecule has 0 N–H and O–H groups in total. The molecule has 1 amide bonds. The van der Waals surface area contributed by atoms with Crippen LogP contribution in [-0.2, 0) is 0 Å². The van der Waals surface area contributed by atoms with Crippen LogP contribution in [0.15, 0.2) is 59.1 Å². The molecule has 0 atom stereocenters. The maximum atomic E-state index is 13.4. The second-order valence-corrected chi connectivity index (χ2v) is 9.85. The van der Waals surface area contributed by atoms with Crippen LogP contribution in [0, 0.1) is 6.92 Å². The van der Waals surface area contributed by atoms with Crippen molar-refractivity contribution in [2.75, 3.05) is 69.2 Å². The van der Waals surface area contributed by atoms with E-state index in [1.54, 1.807) is 0 Å². The minimum absolute atomic E-state index is 0.0186. The SMILES string of the molecule is Cc1cc(N2CCN(C)CC2)nc(N2CCN(C(=O)c3ccc4noc(-c5ccccc5)c4c3)CC2)n1. The third-order valence-corrected chi connectivity index (χ3v) is 7.27. The average Bonchev–Trinajstić information content (AvgIpc) is 3.37. The normalized spacial score (nSPS) is 17.0. The molecule has 0 aliphatic carbocycles. The smallest absolute Gasteiger partial charge is 0.254 e. The first-order valence-electron chi connectivity index (χ1n) is 12.8. The molecule has 0 radical (unpaired) electrons. The summed E-state index contributed by atoms with van der Waals surface area (Å²) >= 11 is 0. The van der Waals surface area contributed by atoms with E-state index < -0.39 is 0 Å². The predicted molar refractivity (Wildman–Crippen MR) is 144 cm³/mol. The average molecular weight is 498 g/mol. The van der Waals surface area contributed by atoms with E-state index in [-0.39, 0.29) is 5.91 Å². The molecule has 37 heavy (non-hydrogen) atoms. The Hall–Kier alpha value is -3.98. The van der Waals surface area contributed by atoms with Crippen molar-refractivity contribution in [3.05, 3.63) is 65.9 Å². The Kier molecular flexibility index (Phi) is 6.21. The molecule has 0 unspecified atom stereocenters. The number of aromatic nitrogens is 3. The van der Waals surface area contributed by atoms with Gasteiger partial charge < -0.3 is 24.1 Å². The molecule has 0 spiro atoms. The minimum Gasteiger partial charge on any atom is -0.355 e. The largest absolute Gasteiger partial charge is 0.355 e. The lowest BCUT2D eigenvalue weighted by molar-refractivity contribution is 0.0746. The first kappa shape index (κ1) is 23.4. The summed E-state index contributed by atoms with van der Waals surface area (Å²) in [6.45, 7) is 8.66. The molecule has 4 heterocycles. The van der Waals surface area contributed by atoms with Crippen LogP contribution in [0.1, 0.15) is 16.1 Å². The van der Waals surface area contributed by atoms with Gasteiger partial charge in [0.2, 0.25) is 5.95 Å². The Labute approximate surface area is 216 Å². The lowest BCUT2D eigenvalue weighted by Gasteiger charge is -2.36. The fourth-order valence-corrected chi connectivity index (χ4v) is 5.04. The second kappa shape index (κ2) is 9.82. The van der Waals surface area contributed by atoms with Gasteiger partial charge in [0, 0.05) is 75.2 Å². The van der Waals surface area contributed by atoms with Gasteiger partial charge in [-0.2, -0.15) is 4.98 Å². The first-order valence-corrected chi connectivity index (χ1v) is 12.8. The van der Waals surface area contributed by atoms with Gasteiger partial charge in [-0.1, -0.05) is 35.5 Å². The number of piperazine rings is 2. The van der Waals surface area contributed by atoms with Crippen molar-refractivity contribution in [2.24, 2.45) is 0 Å². The summed E-state index contributed by atoms with van der Waals surface area (Å²) in [5.41, 5.74) is 3.30. The summed E-state index contributed by atoms with van der Waals surface area (Å²) in [5, 5.41) is 5.02. The number of rotatable bonds is 4. The molecule has 2 aliphatic heterocycles. The van der Waals surface area contributed by atoms with Gasteiger partial charge in [0.05, 0.1) is 5.39 Å². The molecule has 4 aromatic rings. The maximum absolute atomic E-state index is 13.4. The topological polar surface area (TPSA) is 81.8 Å². The quantitative estimate of drug-likeness (QED) is 0.425. The Morgan fingerprint density at radius 1 is 0.838 bits per heavy atom.